The van der Waals surface area contributed by atoms with E-state index in [0.717, 1.165) is 30.8 Å². The largest absolute Gasteiger partial charge is 0.365 e. The van der Waals surface area contributed by atoms with Gasteiger partial charge in [-0.15, -0.1) is 0 Å². The van der Waals surface area contributed by atoms with Crippen molar-refractivity contribution in [1.29, 1.82) is 5.26 Å². The molecule has 2 aliphatic rings. The fourth-order valence-electron chi connectivity index (χ4n) is 4.68. The van der Waals surface area contributed by atoms with E-state index in [2.05, 4.69) is 34.1 Å². The number of carbonyl (C=O) groups excluding carboxylic acids is 1. The highest BCUT2D eigenvalue weighted by molar-refractivity contribution is 5.96. The van der Waals surface area contributed by atoms with Crippen LogP contribution in [0.4, 0.5) is 5.82 Å². The van der Waals surface area contributed by atoms with Crippen molar-refractivity contribution in [3.63, 3.8) is 0 Å². The number of aromatic nitrogens is 4. The van der Waals surface area contributed by atoms with E-state index in [9.17, 15) is 10.1 Å². The van der Waals surface area contributed by atoms with Crippen LogP contribution in [-0.4, -0.2) is 31.3 Å². The van der Waals surface area contributed by atoms with Crippen molar-refractivity contribution in [1.82, 2.24) is 19.5 Å². The number of hydrogen-bond donors (Lipinski definition) is 1. The third-order valence-electron chi connectivity index (χ3n) is 6.82. The van der Waals surface area contributed by atoms with Gasteiger partial charge in [-0.2, -0.15) is 15.2 Å². The molecule has 4 rings (SSSR count). The van der Waals surface area contributed by atoms with Gasteiger partial charge in [0.2, 0.25) is 5.82 Å². The molecule has 0 aromatic carbocycles. The van der Waals surface area contributed by atoms with E-state index in [4.69, 9.17) is 0 Å². The lowest BCUT2D eigenvalue weighted by atomic mass is 9.80. The van der Waals surface area contributed by atoms with Crippen LogP contribution in [-0.2, 0) is 6.54 Å². The molecule has 2 heterocycles. The van der Waals surface area contributed by atoms with Crippen molar-refractivity contribution in [2.45, 2.75) is 78.3 Å². The van der Waals surface area contributed by atoms with E-state index in [-0.39, 0.29) is 17.6 Å². The monoisotopic (exact) mass is 394 g/mol. The van der Waals surface area contributed by atoms with Crippen molar-refractivity contribution in [3.05, 3.63) is 11.6 Å². The number of nitriles is 1. The van der Waals surface area contributed by atoms with E-state index in [0.29, 0.717) is 29.1 Å². The molecule has 2 fully saturated rings. The molecule has 154 valence electrons. The minimum Gasteiger partial charge on any atom is -0.365 e. The highest BCUT2D eigenvalue weighted by Crippen LogP contribution is 2.34. The van der Waals surface area contributed by atoms with Crippen LogP contribution in [0, 0.1) is 29.1 Å². The number of hydrogen-bond acceptors (Lipinski definition) is 6. The van der Waals surface area contributed by atoms with E-state index in [1.54, 1.807) is 6.92 Å². The van der Waals surface area contributed by atoms with Gasteiger partial charge >= 0.3 is 0 Å². The van der Waals surface area contributed by atoms with Gasteiger partial charge < -0.3 is 9.88 Å². The quantitative estimate of drug-likeness (QED) is 0.733. The Labute approximate surface area is 171 Å². The first kappa shape index (κ1) is 19.8. The number of nitrogens with one attached hydrogen (secondary N) is 1. The number of rotatable bonds is 6. The Hall–Kier alpha value is -2.49. The average molecular weight is 395 g/mol. The molecule has 0 bridgehead atoms. The summed E-state index contributed by atoms with van der Waals surface area (Å²) in [5.41, 5.74) is 1.20. The van der Waals surface area contributed by atoms with Crippen LogP contribution in [0.5, 0.6) is 0 Å². The first-order valence-electron chi connectivity index (χ1n) is 10.9. The zero-order valence-electron chi connectivity index (χ0n) is 17.6. The van der Waals surface area contributed by atoms with Crippen LogP contribution in [0.1, 0.15) is 82.2 Å². The second kappa shape index (κ2) is 8.10. The molecule has 0 aliphatic heterocycles. The molecular formula is C22H30N6O. The van der Waals surface area contributed by atoms with Gasteiger partial charge in [-0.1, -0.05) is 26.2 Å². The fourth-order valence-corrected chi connectivity index (χ4v) is 4.68. The van der Waals surface area contributed by atoms with Crippen molar-refractivity contribution < 1.29 is 4.79 Å². The summed E-state index contributed by atoms with van der Waals surface area (Å²) in [5, 5.41) is 12.9. The van der Waals surface area contributed by atoms with Gasteiger partial charge in [0, 0.05) is 19.5 Å². The second-order valence-electron chi connectivity index (χ2n) is 9.03. The fraction of sp³-hybridized carbons (Fsp3) is 0.682. The molecule has 29 heavy (non-hydrogen) atoms. The molecule has 0 spiro atoms. The maximum atomic E-state index is 12.4. The predicted octanol–water partition coefficient (Wildman–Crippen LogP) is 4.33. The number of imidazole rings is 1. The van der Waals surface area contributed by atoms with E-state index in [1.165, 1.54) is 32.1 Å². The van der Waals surface area contributed by atoms with Crippen molar-refractivity contribution in [2.24, 2.45) is 17.8 Å². The summed E-state index contributed by atoms with van der Waals surface area (Å²) in [5.74, 6) is 2.98. The summed E-state index contributed by atoms with van der Waals surface area (Å²) < 4.78 is 2.01. The van der Waals surface area contributed by atoms with Crippen LogP contribution in [0.15, 0.2) is 0 Å². The normalized spacial score (nSPS) is 23.4. The number of anilines is 1. The average Bonchev–Trinajstić information content (AvgIpc) is 3.01. The Morgan fingerprint density at radius 1 is 1.21 bits per heavy atom. The smallest absolute Gasteiger partial charge is 0.236 e. The molecular weight excluding hydrogens is 364 g/mol. The molecule has 1 N–H and O–H groups in total. The molecule has 2 aromatic rings. The zero-order chi connectivity index (χ0) is 20.5. The summed E-state index contributed by atoms with van der Waals surface area (Å²) in [6.07, 6.45) is 8.48. The van der Waals surface area contributed by atoms with Gasteiger partial charge in [-0.25, -0.2) is 4.98 Å². The molecule has 7 heteroatoms. The number of Topliss-reactive ketones (excluding diaryl/α,β-unsaturated/α-hetero) is 1. The first-order chi connectivity index (χ1) is 14.0. The maximum absolute atomic E-state index is 12.4. The van der Waals surface area contributed by atoms with Gasteiger partial charge in [0.25, 0.3) is 0 Å². The highest BCUT2D eigenvalue weighted by atomic mass is 16.1. The zero-order valence-corrected chi connectivity index (χ0v) is 17.6. The van der Waals surface area contributed by atoms with Crippen molar-refractivity contribution in [2.75, 3.05) is 5.32 Å². The molecule has 2 aromatic heterocycles. The Kier molecular flexibility index (Phi) is 5.53. The number of fused-ring (bicyclic) bond motifs is 1. The van der Waals surface area contributed by atoms with Crippen molar-refractivity contribution >= 4 is 22.8 Å². The highest BCUT2D eigenvalue weighted by Gasteiger charge is 2.28. The minimum atomic E-state index is -0.0799. The van der Waals surface area contributed by atoms with Gasteiger partial charge in [0.15, 0.2) is 23.1 Å². The standard InChI is InChI=1S/C22H30N6O/c1-13-7-9-16(10-8-13)12-28-19-20(24-14(2)17-5-4-6-17)25-18(11-23)26-21(19)27-22(28)15(3)29/h13-14,16-17H,4-10,12H2,1-3H3,(H,24,25,26)/t13?,14-,16?/m1/s1. The third kappa shape index (κ3) is 3.98. The minimum absolute atomic E-state index is 0.0799. The summed E-state index contributed by atoms with van der Waals surface area (Å²) in [4.78, 5) is 25.7. The van der Waals surface area contributed by atoms with Crippen molar-refractivity contribution in [3.8, 4) is 6.07 Å². The van der Waals surface area contributed by atoms with Gasteiger partial charge in [0.1, 0.15) is 11.6 Å². The first-order valence-corrected chi connectivity index (χ1v) is 10.9. The number of ketones is 1. The molecule has 0 saturated heterocycles. The van der Waals surface area contributed by atoms with Crippen LogP contribution >= 0.6 is 0 Å². The molecule has 0 amide bonds. The summed E-state index contributed by atoms with van der Waals surface area (Å²) in [6.45, 7) is 6.77. The second-order valence-corrected chi connectivity index (χ2v) is 9.03. The molecule has 1 atom stereocenters. The van der Waals surface area contributed by atoms with Crippen LogP contribution in [0.25, 0.3) is 11.2 Å². The lowest BCUT2D eigenvalue weighted by molar-refractivity contribution is 0.0998. The number of nitrogens with zero attached hydrogens (tertiary/aromatic N) is 5. The SMILES string of the molecule is CC(=O)c1nc2nc(C#N)nc(N[C@H](C)C3CCC3)c2n1CC1CCC(C)CC1. The molecule has 2 aliphatic carbocycles. The van der Waals surface area contributed by atoms with Gasteiger partial charge in [-0.3, -0.25) is 4.79 Å². The van der Waals surface area contributed by atoms with Crippen LogP contribution in [0.3, 0.4) is 0 Å². The topological polar surface area (TPSA) is 96.5 Å². The van der Waals surface area contributed by atoms with E-state index >= 15 is 0 Å². The molecule has 2 saturated carbocycles. The number of carbonyl (C=O) groups is 1. The van der Waals surface area contributed by atoms with Crippen LogP contribution in [0.2, 0.25) is 0 Å². The Morgan fingerprint density at radius 2 is 1.93 bits per heavy atom. The summed E-state index contributed by atoms with van der Waals surface area (Å²) in [7, 11) is 0. The summed E-state index contributed by atoms with van der Waals surface area (Å²) >= 11 is 0. The lowest BCUT2D eigenvalue weighted by Crippen LogP contribution is -2.31. The lowest BCUT2D eigenvalue weighted by Gasteiger charge is -2.32. The Bertz CT molecular complexity index is 946. The summed E-state index contributed by atoms with van der Waals surface area (Å²) in [6, 6.07) is 2.30. The molecule has 0 unspecified atom stereocenters. The van der Waals surface area contributed by atoms with Gasteiger partial charge in [-0.05, 0) is 50.4 Å². The molecule has 0 radical (unpaired) electrons. The van der Waals surface area contributed by atoms with Crippen LogP contribution < -0.4 is 5.32 Å². The maximum Gasteiger partial charge on any atom is 0.236 e. The Morgan fingerprint density at radius 3 is 2.52 bits per heavy atom. The third-order valence-corrected chi connectivity index (χ3v) is 6.82. The van der Waals surface area contributed by atoms with E-state index in [1.807, 2.05) is 10.6 Å². The van der Waals surface area contributed by atoms with Gasteiger partial charge in [0.05, 0.1) is 0 Å². The van der Waals surface area contributed by atoms with E-state index < -0.39 is 0 Å². The Balaban J connectivity index is 1.75. The predicted molar refractivity (Wildman–Crippen MR) is 112 cm³/mol. The molecule has 7 nitrogen and oxygen atoms in total.